The first-order chi connectivity index (χ1) is 10.3. The number of imidazole rings is 1. The fourth-order valence-electron chi connectivity index (χ4n) is 2.20. The van der Waals surface area contributed by atoms with E-state index in [1.54, 1.807) is 7.11 Å². The van der Waals surface area contributed by atoms with Crippen LogP contribution in [-0.4, -0.2) is 31.3 Å². The second-order valence-electron chi connectivity index (χ2n) is 6.76. The lowest BCUT2D eigenvalue weighted by Gasteiger charge is -2.17. The largest absolute Gasteiger partial charge is 0.374 e. The molecule has 1 atom stereocenters. The van der Waals surface area contributed by atoms with Crippen molar-refractivity contribution in [2.75, 3.05) is 13.7 Å². The molecule has 0 saturated heterocycles. The molecule has 1 heterocycles. The predicted octanol–water partition coefficient (Wildman–Crippen LogP) is 4.82. The minimum Gasteiger partial charge on any atom is -0.374 e. The van der Waals surface area contributed by atoms with E-state index in [1.807, 2.05) is 19.1 Å². The smallest absolute Gasteiger partial charge is 0.140 e. The summed E-state index contributed by atoms with van der Waals surface area (Å²) in [6.45, 7) is 10.4. The normalized spacial score (nSPS) is 13.7. The van der Waals surface area contributed by atoms with Gasteiger partial charge in [-0.05, 0) is 31.2 Å². The van der Waals surface area contributed by atoms with Gasteiger partial charge in [-0.3, -0.25) is 0 Å². The van der Waals surface area contributed by atoms with Gasteiger partial charge in [-0.1, -0.05) is 35.6 Å². The van der Waals surface area contributed by atoms with E-state index in [9.17, 15) is 0 Å². The van der Waals surface area contributed by atoms with Gasteiger partial charge in [0.2, 0.25) is 0 Å². The predicted molar refractivity (Wildman–Crippen MR) is 97.0 cm³/mol. The van der Waals surface area contributed by atoms with E-state index in [0.29, 0.717) is 6.73 Å². The van der Waals surface area contributed by atoms with Crippen LogP contribution in [0.2, 0.25) is 25.7 Å². The number of hydrogen-bond acceptors (Lipinski definition) is 3. The highest BCUT2D eigenvalue weighted by Crippen LogP contribution is 2.25. The maximum absolute atomic E-state index is 5.92. The monoisotopic (exact) mass is 384 g/mol. The van der Waals surface area contributed by atoms with Crippen LogP contribution < -0.4 is 0 Å². The molecule has 0 aliphatic rings. The lowest BCUT2D eigenvalue weighted by Crippen LogP contribution is -2.22. The molecule has 1 aromatic carbocycles. The summed E-state index contributed by atoms with van der Waals surface area (Å²) < 4.78 is 14.5. The maximum atomic E-state index is 5.92. The van der Waals surface area contributed by atoms with Gasteiger partial charge in [0.15, 0.2) is 0 Å². The summed E-state index contributed by atoms with van der Waals surface area (Å²) in [5, 5.41) is 0. The van der Waals surface area contributed by atoms with Crippen LogP contribution >= 0.6 is 15.9 Å². The average molecular weight is 385 g/mol. The van der Waals surface area contributed by atoms with E-state index in [-0.39, 0.29) is 6.10 Å². The number of ether oxygens (including phenoxy) is 2. The van der Waals surface area contributed by atoms with Gasteiger partial charge in [0.05, 0.1) is 11.0 Å². The number of benzene rings is 1. The first-order valence-corrected chi connectivity index (χ1v) is 12.1. The van der Waals surface area contributed by atoms with Crippen molar-refractivity contribution in [2.24, 2.45) is 0 Å². The Morgan fingerprint density at radius 2 is 2.05 bits per heavy atom. The Morgan fingerprint density at radius 3 is 2.68 bits per heavy atom. The van der Waals surface area contributed by atoms with Crippen molar-refractivity contribution >= 4 is 35.0 Å². The third kappa shape index (κ3) is 4.41. The molecule has 6 heteroatoms. The third-order valence-electron chi connectivity index (χ3n) is 3.67. The zero-order valence-electron chi connectivity index (χ0n) is 14.0. The van der Waals surface area contributed by atoms with E-state index < -0.39 is 8.07 Å². The minimum atomic E-state index is -1.07. The van der Waals surface area contributed by atoms with Crippen molar-refractivity contribution in [2.45, 2.75) is 45.4 Å². The fourth-order valence-corrected chi connectivity index (χ4v) is 3.31. The Kier molecular flexibility index (Phi) is 5.82. The van der Waals surface area contributed by atoms with Crippen LogP contribution in [0.4, 0.5) is 0 Å². The van der Waals surface area contributed by atoms with E-state index in [4.69, 9.17) is 14.5 Å². The molecule has 0 amide bonds. The Labute approximate surface area is 142 Å². The molecular formula is C16H25BrN2O2Si. The number of rotatable bonds is 7. The molecule has 0 unspecified atom stereocenters. The van der Waals surface area contributed by atoms with Crippen LogP contribution in [0.5, 0.6) is 0 Å². The molecule has 0 saturated carbocycles. The Hall–Kier alpha value is -0.693. The van der Waals surface area contributed by atoms with Crippen molar-refractivity contribution in [3.63, 3.8) is 0 Å². The highest BCUT2D eigenvalue weighted by atomic mass is 79.9. The second kappa shape index (κ2) is 7.25. The molecule has 0 radical (unpaired) electrons. The molecule has 1 aromatic heterocycles. The summed E-state index contributed by atoms with van der Waals surface area (Å²) in [7, 11) is 0.638. The molecule has 2 aromatic rings. The molecule has 0 N–H and O–H groups in total. The van der Waals surface area contributed by atoms with Crippen LogP contribution in [0.15, 0.2) is 22.7 Å². The zero-order valence-corrected chi connectivity index (χ0v) is 16.6. The number of halogens is 1. The summed E-state index contributed by atoms with van der Waals surface area (Å²) in [6, 6.07) is 7.27. The van der Waals surface area contributed by atoms with Gasteiger partial charge in [-0.15, -0.1) is 0 Å². The topological polar surface area (TPSA) is 36.3 Å². The lowest BCUT2D eigenvalue weighted by molar-refractivity contribution is 0.0689. The van der Waals surface area contributed by atoms with Crippen LogP contribution in [-0.2, 0) is 16.2 Å². The zero-order chi connectivity index (χ0) is 16.3. The fraction of sp³-hybridized carbons (Fsp3) is 0.562. The van der Waals surface area contributed by atoms with Gasteiger partial charge in [0, 0.05) is 26.3 Å². The number of hydrogen-bond donors (Lipinski definition) is 0. The third-order valence-corrected chi connectivity index (χ3v) is 5.87. The van der Waals surface area contributed by atoms with Gasteiger partial charge in [-0.2, -0.15) is 0 Å². The molecule has 0 spiro atoms. The minimum absolute atomic E-state index is 0.0632. The van der Waals surface area contributed by atoms with Crippen LogP contribution in [0, 0.1) is 0 Å². The van der Waals surface area contributed by atoms with E-state index in [2.05, 4.69) is 46.2 Å². The maximum Gasteiger partial charge on any atom is 0.140 e. The summed E-state index contributed by atoms with van der Waals surface area (Å²) in [6.07, 6.45) is -0.0632. The molecular weight excluding hydrogens is 360 g/mol. The first-order valence-electron chi connectivity index (χ1n) is 7.58. The standard InChI is InChI=1S/C16H25BrN2O2Si/c1-12(20-2)16-18-14-7-6-13(17)10-15(14)19(16)11-21-8-9-22(3,4)5/h6-7,10,12H,8-9,11H2,1-5H3/t12-/m1/s1. The Balaban J connectivity index is 2.23. The summed E-state index contributed by atoms with van der Waals surface area (Å²) in [5.74, 6) is 0.906. The van der Waals surface area contributed by atoms with Crippen LogP contribution in [0.3, 0.4) is 0 Å². The first kappa shape index (κ1) is 17.7. The summed E-state index contributed by atoms with van der Waals surface area (Å²) in [4.78, 5) is 4.70. The highest BCUT2D eigenvalue weighted by Gasteiger charge is 2.17. The average Bonchev–Trinajstić information content (AvgIpc) is 2.79. The summed E-state index contributed by atoms with van der Waals surface area (Å²) >= 11 is 3.53. The lowest BCUT2D eigenvalue weighted by atomic mass is 10.3. The molecule has 4 nitrogen and oxygen atoms in total. The Bertz CT molecular complexity index is 637. The van der Waals surface area contributed by atoms with Crippen molar-refractivity contribution in [3.8, 4) is 0 Å². The highest BCUT2D eigenvalue weighted by molar-refractivity contribution is 9.10. The molecule has 0 aliphatic carbocycles. The number of aromatic nitrogens is 2. The second-order valence-corrected chi connectivity index (χ2v) is 13.3. The van der Waals surface area contributed by atoms with Crippen molar-refractivity contribution in [1.82, 2.24) is 9.55 Å². The molecule has 122 valence electrons. The molecule has 2 rings (SSSR count). The molecule has 22 heavy (non-hydrogen) atoms. The van der Waals surface area contributed by atoms with Crippen molar-refractivity contribution < 1.29 is 9.47 Å². The van der Waals surface area contributed by atoms with Crippen LogP contribution in [0.1, 0.15) is 18.9 Å². The van der Waals surface area contributed by atoms with Gasteiger partial charge in [-0.25, -0.2) is 4.98 Å². The van der Waals surface area contributed by atoms with Crippen LogP contribution in [0.25, 0.3) is 11.0 Å². The van der Waals surface area contributed by atoms with Crippen molar-refractivity contribution in [1.29, 1.82) is 0 Å². The summed E-state index contributed by atoms with van der Waals surface area (Å²) in [5.41, 5.74) is 2.04. The Morgan fingerprint density at radius 1 is 1.32 bits per heavy atom. The number of nitrogens with zero attached hydrogens (tertiary/aromatic N) is 2. The molecule has 0 bridgehead atoms. The molecule has 0 fully saturated rings. The van der Waals surface area contributed by atoms with E-state index >= 15 is 0 Å². The van der Waals surface area contributed by atoms with Gasteiger partial charge < -0.3 is 14.0 Å². The SMILES string of the molecule is CO[C@H](C)c1nc2ccc(Br)cc2n1COCC[Si](C)(C)C. The number of methoxy groups -OCH3 is 1. The molecule has 0 aliphatic heterocycles. The van der Waals surface area contributed by atoms with Gasteiger partial charge in [0.25, 0.3) is 0 Å². The van der Waals surface area contributed by atoms with E-state index in [0.717, 1.165) is 27.9 Å². The van der Waals surface area contributed by atoms with Gasteiger partial charge in [0.1, 0.15) is 18.7 Å². The number of fused-ring (bicyclic) bond motifs is 1. The van der Waals surface area contributed by atoms with Gasteiger partial charge >= 0.3 is 0 Å². The quantitative estimate of drug-likeness (QED) is 0.507. The van der Waals surface area contributed by atoms with E-state index in [1.165, 1.54) is 6.04 Å². The van der Waals surface area contributed by atoms with Crippen molar-refractivity contribution in [3.05, 3.63) is 28.5 Å².